The van der Waals surface area contributed by atoms with E-state index in [4.69, 9.17) is 19.9 Å². The summed E-state index contributed by atoms with van der Waals surface area (Å²) in [5.74, 6) is 1.08. The molecule has 0 aliphatic carbocycles. The van der Waals surface area contributed by atoms with Crippen LogP contribution in [0.1, 0.15) is 5.56 Å². The highest BCUT2D eigenvalue weighted by atomic mass is 16.5. The summed E-state index contributed by atoms with van der Waals surface area (Å²) in [5.41, 5.74) is 6.52. The number of benzene rings is 1. The largest absolute Gasteiger partial charge is 0.493 e. The maximum atomic E-state index is 11.3. The summed E-state index contributed by atoms with van der Waals surface area (Å²) < 4.78 is 20.3. The molecule has 0 saturated carbocycles. The number of ether oxygens (including phenoxy) is 4. The monoisotopic (exact) mass is 269 g/mol. The lowest BCUT2D eigenvalue weighted by Crippen LogP contribution is -2.33. The summed E-state index contributed by atoms with van der Waals surface area (Å²) in [7, 11) is 5.89. The van der Waals surface area contributed by atoms with E-state index in [1.165, 1.54) is 28.4 Å². The second-order valence-electron chi connectivity index (χ2n) is 3.87. The van der Waals surface area contributed by atoms with Gasteiger partial charge in [-0.1, -0.05) is 0 Å². The molecule has 0 spiro atoms. The van der Waals surface area contributed by atoms with E-state index in [1.807, 2.05) is 0 Å². The molecule has 0 bridgehead atoms. The second kappa shape index (κ2) is 6.84. The van der Waals surface area contributed by atoms with Crippen molar-refractivity contribution in [3.8, 4) is 17.2 Å². The molecule has 0 aliphatic heterocycles. The molecule has 1 rings (SSSR count). The number of hydrogen-bond donors (Lipinski definition) is 1. The summed E-state index contributed by atoms with van der Waals surface area (Å²) >= 11 is 0. The maximum absolute atomic E-state index is 11.3. The van der Waals surface area contributed by atoms with Gasteiger partial charge in [-0.3, -0.25) is 4.79 Å². The number of nitrogens with two attached hydrogens (primary N) is 1. The highest BCUT2D eigenvalue weighted by Gasteiger charge is 2.18. The van der Waals surface area contributed by atoms with Gasteiger partial charge in [-0.05, 0) is 24.1 Å². The van der Waals surface area contributed by atoms with E-state index in [0.717, 1.165) is 5.56 Å². The molecule has 0 heterocycles. The van der Waals surface area contributed by atoms with Crippen LogP contribution in [-0.4, -0.2) is 40.5 Å². The van der Waals surface area contributed by atoms with Gasteiger partial charge in [0.25, 0.3) is 0 Å². The van der Waals surface area contributed by atoms with Crippen molar-refractivity contribution in [2.75, 3.05) is 28.4 Å². The van der Waals surface area contributed by atoms with Crippen molar-refractivity contribution in [1.82, 2.24) is 0 Å². The smallest absolute Gasteiger partial charge is 0.322 e. The number of esters is 1. The first-order chi connectivity index (χ1) is 9.07. The minimum absolute atomic E-state index is 0.323. The number of rotatable bonds is 6. The molecule has 0 aromatic heterocycles. The van der Waals surface area contributed by atoms with Crippen molar-refractivity contribution in [2.24, 2.45) is 5.73 Å². The summed E-state index contributed by atoms with van der Waals surface area (Å²) in [6.07, 6.45) is 0.323. The van der Waals surface area contributed by atoms with Gasteiger partial charge in [-0.2, -0.15) is 0 Å². The lowest BCUT2D eigenvalue weighted by atomic mass is 10.1. The summed E-state index contributed by atoms with van der Waals surface area (Å²) in [4.78, 5) is 11.3. The zero-order valence-corrected chi connectivity index (χ0v) is 11.6. The fraction of sp³-hybridized carbons (Fsp3) is 0.462. The molecule has 1 unspecified atom stereocenters. The van der Waals surface area contributed by atoms with Gasteiger partial charge in [-0.15, -0.1) is 0 Å². The first-order valence-electron chi connectivity index (χ1n) is 5.69. The molecule has 106 valence electrons. The fourth-order valence-electron chi connectivity index (χ4n) is 1.74. The molecule has 0 aliphatic rings. The van der Waals surface area contributed by atoms with Crippen LogP contribution < -0.4 is 19.9 Å². The molecule has 0 radical (unpaired) electrons. The van der Waals surface area contributed by atoms with Crippen molar-refractivity contribution < 1.29 is 23.7 Å². The lowest BCUT2D eigenvalue weighted by molar-refractivity contribution is -0.142. The summed E-state index contributed by atoms with van der Waals surface area (Å²) in [6, 6.07) is 2.78. The van der Waals surface area contributed by atoms with Crippen molar-refractivity contribution in [3.05, 3.63) is 17.7 Å². The van der Waals surface area contributed by atoms with Gasteiger partial charge in [0.15, 0.2) is 11.5 Å². The Hall–Kier alpha value is -1.95. The van der Waals surface area contributed by atoms with E-state index < -0.39 is 12.0 Å². The van der Waals surface area contributed by atoms with Gasteiger partial charge in [-0.25, -0.2) is 0 Å². The van der Waals surface area contributed by atoms with Crippen LogP contribution in [0.4, 0.5) is 0 Å². The Morgan fingerprint density at radius 2 is 1.63 bits per heavy atom. The van der Waals surface area contributed by atoms with Crippen LogP contribution in [0.25, 0.3) is 0 Å². The molecule has 6 nitrogen and oxygen atoms in total. The molecule has 0 saturated heterocycles. The van der Waals surface area contributed by atoms with Crippen LogP contribution in [0.15, 0.2) is 12.1 Å². The van der Waals surface area contributed by atoms with E-state index in [-0.39, 0.29) is 0 Å². The van der Waals surface area contributed by atoms with Crippen LogP contribution in [-0.2, 0) is 16.0 Å². The quantitative estimate of drug-likeness (QED) is 0.768. The molecule has 2 N–H and O–H groups in total. The van der Waals surface area contributed by atoms with E-state index in [9.17, 15) is 4.79 Å². The zero-order valence-electron chi connectivity index (χ0n) is 11.6. The zero-order chi connectivity index (χ0) is 14.4. The molecule has 0 fully saturated rings. The summed E-state index contributed by atoms with van der Waals surface area (Å²) in [5, 5.41) is 0. The van der Waals surface area contributed by atoms with Crippen LogP contribution >= 0.6 is 0 Å². The minimum atomic E-state index is -0.729. The number of methoxy groups -OCH3 is 4. The van der Waals surface area contributed by atoms with Crippen molar-refractivity contribution in [2.45, 2.75) is 12.5 Å². The number of carbonyl (C=O) groups is 1. The lowest BCUT2D eigenvalue weighted by Gasteiger charge is -2.15. The predicted molar refractivity (Wildman–Crippen MR) is 69.8 cm³/mol. The third-order valence-electron chi connectivity index (χ3n) is 2.68. The maximum Gasteiger partial charge on any atom is 0.322 e. The average Bonchev–Trinajstić information content (AvgIpc) is 2.44. The fourth-order valence-corrected chi connectivity index (χ4v) is 1.74. The van der Waals surface area contributed by atoms with Crippen molar-refractivity contribution >= 4 is 5.97 Å². The third-order valence-corrected chi connectivity index (χ3v) is 2.68. The second-order valence-corrected chi connectivity index (χ2v) is 3.87. The van der Waals surface area contributed by atoms with Crippen LogP contribution in [0.5, 0.6) is 17.2 Å². The van der Waals surface area contributed by atoms with Crippen molar-refractivity contribution in [3.63, 3.8) is 0 Å². The Kier molecular flexibility index (Phi) is 5.44. The van der Waals surface area contributed by atoms with E-state index in [2.05, 4.69) is 4.74 Å². The highest BCUT2D eigenvalue weighted by Crippen LogP contribution is 2.38. The third kappa shape index (κ3) is 3.51. The summed E-state index contributed by atoms with van der Waals surface area (Å²) in [6.45, 7) is 0. The van der Waals surface area contributed by atoms with E-state index in [0.29, 0.717) is 23.7 Å². The van der Waals surface area contributed by atoms with Gasteiger partial charge in [0, 0.05) is 0 Å². The molecule has 19 heavy (non-hydrogen) atoms. The van der Waals surface area contributed by atoms with Crippen LogP contribution in [0.3, 0.4) is 0 Å². The van der Waals surface area contributed by atoms with E-state index in [1.54, 1.807) is 12.1 Å². The predicted octanol–water partition coefficient (Wildman–Crippen LogP) is 0.755. The molecular weight excluding hydrogens is 250 g/mol. The van der Waals surface area contributed by atoms with Gasteiger partial charge in [0.05, 0.1) is 28.4 Å². The molecule has 1 aromatic rings. The number of carbonyl (C=O) groups excluding carboxylic acids is 1. The first kappa shape index (κ1) is 15.1. The molecule has 0 amide bonds. The molecule has 1 atom stereocenters. The standard InChI is InChI=1S/C13H19NO5/c1-16-10-6-8(5-9(14)13(15)19-4)7-11(17-2)12(10)18-3/h6-7,9H,5,14H2,1-4H3. The van der Waals surface area contributed by atoms with Gasteiger partial charge < -0.3 is 24.7 Å². The Morgan fingerprint density at radius 3 is 2.00 bits per heavy atom. The van der Waals surface area contributed by atoms with Crippen molar-refractivity contribution in [1.29, 1.82) is 0 Å². The van der Waals surface area contributed by atoms with Gasteiger partial charge in [0.2, 0.25) is 5.75 Å². The first-order valence-corrected chi connectivity index (χ1v) is 5.69. The van der Waals surface area contributed by atoms with Gasteiger partial charge >= 0.3 is 5.97 Å². The number of hydrogen-bond acceptors (Lipinski definition) is 6. The Balaban J connectivity index is 3.06. The average molecular weight is 269 g/mol. The highest BCUT2D eigenvalue weighted by molar-refractivity contribution is 5.75. The van der Waals surface area contributed by atoms with E-state index >= 15 is 0 Å². The molecule has 6 heteroatoms. The minimum Gasteiger partial charge on any atom is -0.493 e. The molecule has 1 aromatic carbocycles. The Labute approximate surface area is 112 Å². The SMILES string of the molecule is COC(=O)C(N)Cc1cc(OC)c(OC)c(OC)c1. The normalized spacial score (nSPS) is 11.6. The Bertz CT molecular complexity index is 422. The van der Waals surface area contributed by atoms with Crippen LogP contribution in [0.2, 0.25) is 0 Å². The molecular formula is C13H19NO5. The topological polar surface area (TPSA) is 80.0 Å². The van der Waals surface area contributed by atoms with Crippen LogP contribution in [0, 0.1) is 0 Å². The van der Waals surface area contributed by atoms with Gasteiger partial charge in [0.1, 0.15) is 6.04 Å². The Morgan fingerprint density at radius 1 is 1.11 bits per heavy atom.